The van der Waals surface area contributed by atoms with Crippen LogP contribution in [0.1, 0.15) is 0 Å². The quantitative estimate of drug-likeness (QED) is 0.391. The molecule has 2 aromatic carbocycles. The topological polar surface area (TPSA) is 44.7 Å². The molecular weight excluding hydrogens is 460 g/mol. The lowest BCUT2D eigenvalue weighted by atomic mass is 9.99. The number of rotatable bonds is 4. The Morgan fingerprint density at radius 2 is 0.935 bits per heavy atom. The summed E-state index contributed by atoms with van der Waals surface area (Å²) >= 11 is 0. The van der Waals surface area contributed by atoms with Gasteiger partial charge in [0.05, 0.1) is 39.2 Å². The highest BCUT2D eigenvalue weighted by atomic mass is 79.9. The van der Waals surface area contributed by atoms with E-state index in [0.717, 1.165) is 69.0 Å². The summed E-state index contributed by atoms with van der Waals surface area (Å²) in [6.07, 6.45) is 4.29. The van der Waals surface area contributed by atoms with Crippen LogP contribution in [0.2, 0.25) is 0 Å². The van der Waals surface area contributed by atoms with Crippen LogP contribution in [-0.2, 0) is 13.1 Å². The molecule has 3 heterocycles. The van der Waals surface area contributed by atoms with Crippen LogP contribution in [0.25, 0.3) is 32.9 Å². The molecule has 0 saturated heterocycles. The molecular formula is C24H24BrN2O4+. The number of aromatic nitrogens is 2. The van der Waals surface area contributed by atoms with Crippen molar-refractivity contribution in [2.45, 2.75) is 13.1 Å². The number of methoxy groups -OCH3 is 4. The van der Waals surface area contributed by atoms with Gasteiger partial charge in [0.1, 0.15) is 0 Å². The Balaban J connectivity index is 0.00000231. The minimum absolute atomic E-state index is 0. The van der Waals surface area contributed by atoms with E-state index in [2.05, 4.69) is 45.8 Å². The Kier molecular flexibility index (Phi) is 5.62. The summed E-state index contributed by atoms with van der Waals surface area (Å²) in [4.78, 5) is 0. The number of pyridine rings is 2. The highest BCUT2D eigenvalue weighted by Gasteiger charge is 2.34. The van der Waals surface area contributed by atoms with E-state index in [9.17, 15) is 0 Å². The maximum absolute atomic E-state index is 5.60. The lowest BCUT2D eigenvalue weighted by Gasteiger charge is -2.16. The van der Waals surface area contributed by atoms with Crippen molar-refractivity contribution in [1.82, 2.24) is 0 Å². The van der Waals surface area contributed by atoms with E-state index >= 15 is 0 Å². The average Bonchev–Trinajstić information content (AvgIpc) is 2.81. The Bertz CT molecular complexity index is 1210. The summed E-state index contributed by atoms with van der Waals surface area (Å²) in [6, 6.07) is 12.5. The molecule has 0 amide bonds. The van der Waals surface area contributed by atoms with Crippen molar-refractivity contribution in [3.8, 4) is 34.4 Å². The molecule has 6 nitrogen and oxygen atoms in total. The second-order valence-corrected chi connectivity index (χ2v) is 7.30. The van der Waals surface area contributed by atoms with Crippen molar-refractivity contribution in [2.24, 2.45) is 0 Å². The molecule has 1 aliphatic rings. The largest absolute Gasteiger partial charge is 1.00 e. The van der Waals surface area contributed by atoms with Crippen LogP contribution >= 0.6 is 0 Å². The molecule has 2 aromatic heterocycles. The summed E-state index contributed by atoms with van der Waals surface area (Å²) < 4.78 is 26.8. The van der Waals surface area contributed by atoms with Gasteiger partial charge in [-0.1, -0.05) is 0 Å². The van der Waals surface area contributed by atoms with Crippen molar-refractivity contribution in [2.75, 3.05) is 28.4 Å². The van der Waals surface area contributed by atoms with Crippen molar-refractivity contribution in [3.63, 3.8) is 0 Å². The molecule has 0 spiro atoms. The van der Waals surface area contributed by atoms with Gasteiger partial charge < -0.3 is 35.9 Å². The van der Waals surface area contributed by atoms with Gasteiger partial charge in [-0.2, -0.15) is 9.13 Å². The van der Waals surface area contributed by atoms with E-state index in [1.54, 1.807) is 28.4 Å². The van der Waals surface area contributed by atoms with E-state index in [-0.39, 0.29) is 17.0 Å². The fraction of sp³-hybridized carbons (Fsp3) is 0.250. The maximum Gasteiger partial charge on any atom is 0.286 e. The maximum atomic E-state index is 5.60. The van der Waals surface area contributed by atoms with Gasteiger partial charge in [-0.3, -0.25) is 0 Å². The summed E-state index contributed by atoms with van der Waals surface area (Å²) in [5, 5.41) is 4.44. The third-order valence-corrected chi connectivity index (χ3v) is 5.87. The summed E-state index contributed by atoms with van der Waals surface area (Å²) in [6.45, 7) is 1.80. The van der Waals surface area contributed by atoms with E-state index in [1.165, 1.54) is 0 Å². The molecule has 31 heavy (non-hydrogen) atoms. The second kappa shape index (κ2) is 8.23. The third-order valence-electron chi connectivity index (χ3n) is 5.87. The van der Waals surface area contributed by atoms with Crippen molar-refractivity contribution in [1.29, 1.82) is 0 Å². The molecule has 7 heteroatoms. The first kappa shape index (κ1) is 21.2. The minimum Gasteiger partial charge on any atom is -1.00 e. The Hall–Kier alpha value is -3.06. The summed E-state index contributed by atoms with van der Waals surface area (Å²) in [5.41, 5.74) is 2.30. The zero-order chi connectivity index (χ0) is 20.8. The smallest absolute Gasteiger partial charge is 0.286 e. The standard InChI is InChI=1S/C24H24N2O4.BrH/c1-27-19-11-15-5-7-25-9-10-26-8-6-16-12-20(28-2)22(30-4)14-18(16)24(26)23(25)17(15)13-21(19)29-3;/h5-8,11-14H,9-10H2,1-4H3;1H/q+2;/p-1. The number of nitrogens with zero attached hydrogens (tertiary/aromatic N) is 2. The number of hydrogen-bond acceptors (Lipinski definition) is 4. The van der Waals surface area contributed by atoms with E-state index in [4.69, 9.17) is 18.9 Å². The van der Waals surface area contributed by atoms with Crippen LogP contribution in [-0.4, -0.2) is 28.4 Å². The average molecular weight is 484 g/mol. The zero-order valence-electron chi connectivity index (χ0n) is 17.9. The molecule has 0 saturated carbocycles. The molecule has 0 bridgehead atoms. The van der Waals surface area contributed by atoms with Gasteiger partial charge in [-0.25, -0.2) is 0 Å². The molecule has 4 aromatic rings. The van der Waals surface area contributed by atoms with E-state index in [0.29, 0.717) is 0 Å². The van der Waals surface area contributed by atoms with Crippen LogP contribution in [0.15, 0.2) is 48.8 Å². The van der Waals surface area contributed by atoms with Crippen molar-refractivity contribution >= 4 is 21.5 Å². The molecule has 0 atom stereocenters. The summed E-state index contributed by atoms with van der Waals surface area (Å²) in [5.74, 6) is 2.89. The third kappa shape index (κ3) is 3.24. The van der Waals surface area contributed by atoms with E-state index in [1.807, 2.05) is 12.1 Å². The van der Waals surface area contributed by atoms with Gasteiger partial charge >= 0.3 is 0 Å². The van der Waals surface area contributed by atoms with Gasteiger partial charge in [0.25, 0.3) is 11.4 Å². The molecule has 0 aliphatic carbocycles. The molecule has 0 radical (unpaired) electrons. The fourth-order valence-electron chi connectivity index (χ4n) is 4.39. The number of hydrogen-bond donors (Lipinski definition) is 0. The first-order chi connectivity index (χ1) is 14.7. The molecule has 0 N–H and O–H groups in total. The van der Waals surface area contributed by atoms with E-state index < -0.39 is 0 Å². The number of fused-ring (bicyclic) bond motifs is 7. The predicted octanol–water partition coefficient (Wildman–Crippen LogP) is 0.287. The van der Waals surface area contributed by atoms with Crippen LogP contribution in [0, 0.1) is 0 Å². The van der Waals surface area contributed by atoms with Gasteiger partial charge in [0, 0.05) is 12.1 Å². The highest BCUT2D eigenvalue weighted by molar-refractivity contribution is 6.02. The van der Waals surface area contributed by atoms with Gasteiger partial charge in [-0.05, 0) is 35.0 Å². The van der Waals surface area contributed by atoms with Gasteiger partial charge in [0.2, 0.25) is 13.1 Å². The fourth-order valence-corrected chi connectivity index (χ4v) is 4.39. The predicted molar refractivity (Wildman–Crippen MR) is 113 cm³/mol. The van der Waals surface area contributed by atoms with Crippen LogP contribution in [0.5, 0.6) is 23.0 Å². The van der Waals surface area contributed by atoms with Crippen LogP contribution < -0.4 is 45.1 Å². The summed E-state index contributed by atoms with van der Waals surface area (Å²) in [7, 11) is 6.66. The Morgan fingerprint density at radius 3 is 1.29 bits per heavy atom. The van der Waals surface area contributed by atoms with Gasteiger partial charge in [-0.15, -0.1) is 0 Å². The monoisotopic (exact) mass is 483 g/mol. The first-order valence-corrected chi connectivity index (χ1v) is 9.85. The molecule has 1 aliphatic heterocycles. The molecule has 0 fully saturated rings. The zero-order valence-corrected chi connectivity index (χ0v) is 19.5. The SMILES string of the molecule is COc1cc2cc[n+]3c(c2cc1OC)-c1c2cc(OC)c(OC)cc2cc[n+]1CC3.[Br-]. The Labute approximate surface area is 191 Å². The minimum atomic E-state index is 0. The molecule has 0 unspecified atom stereocenters. The molecule has 5 rings (SSSR count). The van der Waals surface area contributed by atoms with Gasteiger partial charge in [0.15, 0.2) is 35.4 Å². The number of benzene rings is 2. The lowest BCUT2D eigenvalue weighted by molar-refractivity contribution is -0.793. The van der Waals surface area contributed by atoms with Crippen LogP contribution in [0.4, 0.5) is 0 Å². The van der Waals surface area contributed by atoms with Crippen LogP contribution in [0.3, 0.4) is 0 Å². The highest BCUT2D eigenvalue weighted by Crippen LogP contribution is 2.39. The molecule has 160 valence electrons. The van der Waals surface area contributed by atoms with Crippen molar-refractivity contribution in [3.05, 3.63) is 48.8 Å². The number of aryl methyl sites for hydroxylation is 2. The lowest BCUT2D eigenvalue weighted by Crippen LogP contribution is -3.00. The Morgan fingerprint density at radius 1 is 0.581 bits per heavy atom. The second-order valence-electron chi connectivity index (χ2n) is 7.30. The van der Waals surface area contributed by atoms with Crippen molar-refractivity contribution < 1.29 is 45.1 Å². The number of halogens is 1. The first-order valence-electron chi connectivity index (χ1n) is 9.85. The number of ether oxygens (including phenoxy) is 4. The normalized spacial score (nSPS) is 12.0.